The van der Waals surface area contributed by atoms with Crippen molar-refractivity contribution in [3.05, 3.63) is 35.7 Å². The van der Waals surface area contributed by atoms with Gasteiger partial charge in [-0.1, -0.05) is 6.92 Å². The Hall–Kier alpha value is -2.83. The van der Waals surface area contributed by atoms with E-state index in [1.165, 1.54) is 11.4 Å². The first-order valence-electron chi connectivity index (χ1n) is 9.07. The van der Waals surface area contributed by atoms with Crippen LogP contribution in [0.5, 0.6) is 17.2 Å². The second-order valence-corrected chi connectivity index (χ2v) is 6.51. The van der Waals surface area contributed by atoms with E-state index >= 15 is 0 Å². The van der Waals surface area contributed by atoms with Crippen LogP contribution in [0.4, 0.5) is 10.5 Å². The number of fused-ring (bicyclic) bond motifs is 1. The third-order valence-corrected chi connectivity index (χ3v) is 5.08. The van der Waals surface area contributed by atoms with Crippen molar-refractivity contribution in [3.63, 3.8) is 0 Å². The summed E-state index contributed by atoms with van der Waals surface area (Å²) in [7, 11) is 4.66. The second kappa shape index (κ2) is 7.82. The number of amides is 2. The van der Waals surface area contributed by atoms with Gasteiger partial charge in [-0.2, -0.15) is 0 Å². The van der Waals surface area contributed by atoms with E-state index in [9.17, 15) is 4.79 Å². The number of ether oxygens (including phenoxy) is 3. The van der Waals surface area contributed by atoms with Crippen LogP contribution >= 0.6 is 0 Å². The van der Waals surface area contributed by atoms with E-state index in [0.717, 1.165) is 13.0 Å². The maximum atomic E-state index is 13.0. The van der Waals surface area contributed by atoms with Crippen LogP contribution < -0.4 is 19.5 Å². The van der Waals surface area contributed by atoms with Crippen molar-refractivity contribution in [1.82, 2.24) is 9.47 Å². The van der Waals surface area contributed by atoms with Crippen LogP contribution in [0.25, 0.3) is 0 Å². The quantitative estimate of drug-likeness (QED) is 0.865. The van der Waals surface area contributed by atoms with E-state index in [4.69, 9.17) is 14.2 Å². The Labute approximate surface area is 159 Å². The van der Waals surface area contributed by atoms with E-state index in [0.29, 0.717) is 29.5 Å². The predicted molar refractivity (Wildman–Crippen MR) is 104 cm³/mol. The Morgan fingerprint density at radius 3 is 2.33 bits per heavy atom. The van der Waals surface area contributed by atoms with E-state index in [1.54, 1.807) is 33.5 Å². The van der Waals surface area contributed by atoms with Gasteiger partial charge in [-0.25, -0.2) is 4.79 Å². The van der Waals surface area contributed by atoms with Crippen molar-refractivity contribution in [2.75, 3.05) is 33.2 Å². The number of nitrogens with one attached hydrogen (secondary N) is 1. The first-order chi connectivity index (χ1) is 13.0. The van der Waals surface area contributed by atoms with Crippen molar-refractivity contribution < 1.29 is 19.0 Å². The third-order valence-electron chi connectivity index (χ3n) is 5.08. The number of rotatable bonds is 5. The molecule has 0 unspecified atom stereocenters. The van der Waals surface area contributed by atoms with Crippen LogP contribution in [0.3, 0.4) is 0 Å². The molecule has 27 heavy (non-hydrogen) atoms. The molecule has 2 aromatic rings. The standard InChI is InChI=1S/C20H27N3O4/c1-6-15-16-8-7-13(2)22(16)9-10-23(15)20(24)21-14-11-17(25-3)19(27-5)18(12-14)26-4/h7-8,11-12,15H,6,9-10H2,1-5H3,(H,21,24)/t15-/m0/s1. The fourth-order valence-electron chi connectivity index (χ4n) is 3.73. The highest BCUT2D eigenvalue weighted by Crippen LogP contribution is 2.40. The molecule has 1 N–H and O–H groups in total. The molecule has 7 heteroatoms. The Morgan fingerprint density at radius 2 is 1.78 bits per heavy atom. The number of hydrogen-bond acceptors (Lipinski definition) is 4. The van der Waals surface area contributed by atoms with Gasteiger partial charge in [0.1, 0.15) is 0 Å². The molecule has 3 rings (SSSR count). The topological polar surface area (TPSA) is 65.0 Å². The average molecular weight is 373 g/mol. The van der Waals surface area contributed by atoms with Crippen molar-refractivity contribution in [3.8, 4) is 17.2 Å². The lowest BCUT2D eigenvalue weighted by atomic mass is 10.1. The number of carbonyl (C=O) groups excluding carboxylic acids is 1. The van der Waals surface area contributed by atoms with Crippen LogP contribution in [-0.4, -0.2) is 43.4 Å². The molecule has 0 saturated heterocycles. The van der Waals surface area contributed by atoms with Gasteiger partial charge in [-0.3, -0.25) is 0 Å². The Balaban J connectivity index is 1.85. The highest BCUT2D eigenvalue weighted by Gasteiger charge is 2.30. The molecule has 1 aromatic heterocycles. The molecular weight excluding hydrogens is 346 g/mol. The van der Waals surface area contributed by atoms with Gasteiger partial charge in [0.15, 0.2) is 11.5 Å². The molecule has 0 aliphatic carbocycles. The summed E-state index contributed by atoms with van der Waals surface area (Å²) < 4.78 is 18.4. The van der Waals surface area contributed by atoms with Crippen molar-refractivity contribution in [2.24, 2.45) is 0 Å². The van der Waals surface area contributed by atoms with Gasteiger partial charge in [0.25, 0.3) is 0 Å². The number of methoxy groups -OCH3 is 3. The van der Waals surface area contributed by atoms with E-state index in [1.807, 2.05) is 4.90 Å². The molecule has 0 spiro atoms. The molecule has 1 aromatic carbocycles. The lowest BCUT2D eigenvalue weighted by Crippen LogP contribution is -2.44. The minimum absolute atomic E-state index is 0.0505. The third kappa shape index (κ3) is 3.41. The monoisotopic (exact) mass is 373 g/mol. The smallest absolute Gasteiger partial charge is 0.322 e. The van der Waals surface area contributed by atoms with Gasteiger partial charge in [0, 0.05) is 36.6 Å². The summed E-state index contributed by atoms with van der Waals surface area (Å²) in [5.41, 5.74) is 3.01. The molecule has 0 saturated carbocycles. The first kappa shape index (κ1) is 18.9. The number of aromatic nitrogens is 1. The summed E-state index contributed by atoms with van der Waals surface area (Å²) in [5, 5.41) is 2.98. The summed E-state index contributed by atoms with van der Waals surface area (Å²) in [6.07, 6.45) is 0.853. The molecule has 1 aliphatic heterocycles. The molecule has 2 heterocycles. The van der Waals surface area contributed by atoms with Crippen LogP contribution in [0.1, 0.15) is 30.8 Å². The fraction of sp³-hybridized carbons (Fsp3) is 0.450. The predicted octanol–water partition coefficient (Wildman–Crippen LogP) is 3.82. The second-order valence-electron chi connectivity index (χ2n) is 6.51. The SMILES string of the molecule is CC[C@H]1c2ccc(C)n2CCN1C(=O)Nc1cc(OC)c(OC)c(OC)c1. The van der Waals surface area contributed by atoms with E-state index in [2.05, 4.69) is 35.9 Å². The zero-order chi connectivity index (χ0) is 19.6. The van der Waals surface area contributed by atoms with Gasteiger partial charge in [-0.15, -0.1) is 0 Å². The summed E-state index contributed by atoms with van der Waals surface area (Å²) in [6, 6.07) is 7.60. The zero-order valence-corrected chi connectivity index (χ0v) is 16.5. The van der Waals surface area contributed by atoms with Crippen LogP contribution in [-0.2, 0) is 6.54 Å². The summed E-state index contributed by atoms with van der Waals surface area (Å²) >= 11 is 0. The lowest BCUT2D eigenvalue weighted by molar-refractivity contribution is 0.165. The number of carbonyl (C=O) groups is 1. The minimum atomic E-state index is -0.138. The highest BCUT2D eigenvalue weighted by atomic mass is 16.5. The maximum absolute atomic E-state index is 13.0. The Morgan fingerprint density at radius 1 is 1.11 bits per heavy atom. The number of benzene rings is 1. The van der Waals surface area contributed by atoms with Gasteiger partial charge in [-0.05, 0) is 25.5 Å². The largest absolute Gasteiger partial charge is 0.493 e. The molecule has 0 radical (unpaired) electrons. The molecule has 7 nitrogen and oxygen atoms in total. The van der Waals surface area contributed by atoms with E-state index < -0.39 is 0 Å². The number of urea groups is 1. The molecule has 1 aliphatic rings. The zero-order valence-electron chi connectivity index (χ0n) is 16.5. The molecule has 1 atom stereocenters. The molecule has 2 amide bonds. The van der Waals surface area contributed by atoms with Crippen LogP contribution in [0.2, 0.25) is 0 Å². The first-order valence-corrected chi connectivity index (χ1v) is 9.07. The number of hydrogen-bond donors (Lipinski definition) is 1. The summed E-state index contributed by atoms with van der Waals surface area (Å²) in [6.45, 7) is 5.66. The minimum Gasteiger partial charge on any atom is -0.493 e. The van der Waals surface area contributed by atoms with Gasteiger partial charge < -0.3 is 29.0 Å². The highest BCUT2D eigenvalue weighted by molar-refractivity contribution is 5.90. The van der Waals surface area contributed by atoms with E-state index in [-0.39, 0.29) is 12.1 Å². The Bertz CT molecular complexity index is 806. The summed E-state index contributed by atoms with van der Waals surface area (Å²) in [4.78, 5) is 14.9. The summed E-state index contributed by atoms with van der Waals surface area (Å²) in [5.74, 6) is 1.50. The van der Waals surface area contributed by atoms with Gasteiger partial charge in [0.05, 0.1) is 33.1 Å². The lowest BCUT2D eigenvalue weighted by Gasteiger charge is -2.37. The Kier molecular flexibility index (Phi) is 5.48. The maximum Gasteiger partial charge on any atom is 0.322 e. The fourth-order valence-corrected chi connectivity index (χ4v) is 3.73. The molecule has 0 fully saturated rings. The van der Waals surface area contributed by atoms with Crippen LogP contribution in [0.15, 0.2) is 24.3 Å². The normalized spacial score (nSPS) is 15.9. The number of nitrogens with zero attached hydrogens (tertiary/aromatic N) is 2. The average Bonchev–Trinajstić information content (AvgIpc) is 3.07. The van der Waals surface area contributed by atoms with Crippen molar-refractivity contribution >= 4 is 11.7 Å². The van der Waals surface area contributed by atoms with Crippen molar-refractivity contribution in [2.45, 2.75) is 32.9 Å². The molecular formula is C20H27N3O4. The van der Waals surface area contributed by atoms with Gasteiger partial charge in [0.2, 0.25) is 5.75 Å². The number of anilines is 1. The van der Waals surface area contributed by atoms with Crippen LogP contribution in [0, 0.1) is 6.92 Å². The van der Waals surface area contributed by atoms with Crippen molar-refractivity contribution in [1.29, 1.82) is 0 Å². The van der Waals surface area contributed by atoms with Gasteiger partial charge >= 0.3 is 6.03 Å². The molecule has 0 bridgehead atoms. The number of aryl methyl sites for hydroxylation is 1. The molecule has 146 valence electrons.